The van der Waals surface area contributed by atoms with Crippen molar-refractivity contribution in [1.82, 2.24) is 4.90 Å². The van der Waals surface area contributed by atoms with Gasteiger partial charge in [0.1, 0.15) is 18.9 Å². The second kappa shape index (κ2) is 10.5. The Bertz CT molecular complexity index is 1080. The number of nitrogens with zero attached hydrogens (tertiary/aromatic N) is 1. The predicted octanol–water partition coefficient (Wildman–Crippen LogP) is 5.93. The molecular weight excluding hydrogens is 529 g/mol. The van der Waals surface area contributed by atoms with Crippen molar-refractivity contribution >= 4 is 74.1 Å². The Labute approximate surface area is 201 Å². The minimum Gasteiger partial charge on any atom is -0.488 e. The number of carbonyl (C=O) groups excluding carboxylic acids is 3. The van der Waals surface area contributed by atoms with Gasteiger partial charge in [-0.2, -0.15) is 0 Å². The van der Waals surface area contributed by atoms with E-state index in [4.69, 9.17) is 32.7 Å². The first-order valence-electron chi connectivity index (χ1n) is 9.05. The first-order chi connectivity index (χ1) is 14.8. The molecule has 10 heteroatoms. The molecule has 2 amide bonds. The molecule has 0 spiro atoms. The number of amides is 2. The normalized spacial score (nSPS) is 15.0. The van der Waals surface area contributed by atoms with Crippen LogP contribution in [-0.4, -0.2) is 35.2 Å². The van der Waals surface area contributed by atoms with E-state index in [9.17, 15) is 14.4 Å². The average molecular weight is 545 g/mol. The first-order valence-corrected chi connectivity index (χ1v) is 11.4. The van der Waals surface area contributed by atoms with Crippen molar-refractivity contribution in [3.05, 3.63) is 66.9 Å². The van der Waals surface area contributed by atoms with E-state index >= 15 is 0 Å². The van der Waals surface area contributed by atoms with E-state index < -0.39 is 23.7 Å². The zero-order valence-corrected chi connectivity index (χ0v) is 20.1. The van der Waals surface area contributed by atoms with Crippen molar-refractivity contribution in [2.75, 3.05) is 13.2 Å². The summed E-state index contributed by atoms with van der Waals surface area (Å²) in [5, 5.41) is 0.418. The van der Waals surface area contributed by atoms with Crippen molar-refractivity contribution in [3.63, 3.8) is 0 Å². The summed E-state index contributed by atoms with van der Waals surface area (Å²) in [5.41, 5.74) is 1.55. The van der Waals surface area contributed by atoms with Gasteiger partial charge in [0.2, 0.25) is 0 Å². The second-order valence-electron chi connectivity index (χ2n) is 6.30. The number of ether oxygens (including phenoxy) is 2. The van der Waals surface area contributed by atoms with Gasteiger partial charge in [-0.15, -0.1) is 0 Å². The largest absolute Gasteiger partial charge is 0.488 e. The molecule has 1 heterocycles. The lowest BCUT2D eigenvalue weighted by atomic mass is 10.2. The van der Waals surface area contributed by atoms with E-state index in [1.54, 1.807) is 43.3 Å². The van der Waals surface area contributed by atoms with Crippen LogP contribution in [0.25, 0.3) is 6.08 Å². The molecule has 6 nitrogen and oxygen atoms in total. The zero-order valence-electron chi connectivity index (χ0n) is 16.2. The Balaban J connectivity index is 1.68. The maximum atomic E-state index is 12.5. The Kier molecular flexibility index (Phi) is 8.05. The summed E-state index contributed by atoms with van der Waals surface area (Å²) in [4.78, 5) is 37.3. The maximum absolute atomic E-state index is 12.5. The predicted molar refractivity (Wildman–Crippen MR) is 124 cm³/mol. The average Bonchev–Trinajstić information content (AvgIpc) is 2.97. The Morgan fingerprint density at radius 3 is 2.61 bits per heavy atom. The van der Waals surface area contributed by atoms with Gasteiger partial charge < -0.3 is 9.47 Å². The van der Waals surface area contributed by atoms with Crippen LogP contribution in [0.1, 0.15) is 18.1 Å². The monoisotopic (exact) mass is 543 g/mol. The molecule has 1 fully saturated rings. The van der Waals surface area contributed by atoms with Crippen LogP contribution < -0.4 is 4.74 Å². The molecule has 31 heavy (non-hydrogen) atoms. The summed E-state index contributed by atoms with van der Waals surface area (Å²) < 4.78 is 11.3. The number of esters is 1. The number of carbonyl (C=O) groups is 3. The van der Waals surface area contributed by atoms with E-state index in [1.165, 1.54) is 0 Å². The lowest BCUT2D eigenvalue weighted by molar-refractivity contribution is -0.145. The van der Waals surface area contributed by atoms with E-state index in [-0.39, 0.29) is 11.5 Å². The Morgan fingerprint density at radius 2 is 1.94 bits per heavy atom. The molecule has 1 saturated heterocycles. The number of halogens is 3. The number of hydrogen-bond donors (Lipinski definition) is 0. The quantitative estimate of drug-likeness (QED) is 0.317. The number of hydrogen-bond acceptors (Lipinski definition) is 6. The van der Waals surface area contributed by atoms with Crippen molar-refractivity contribution in [1.29, 1.82) is 0 Å². The highest BCUT2D eigenvalue weighted by atomic mass is 79.9. The van der Waals surface area contributed by atoms with Gasteiger partial charge in [0.25, 0.3) is 11.1 Å². The highest BCUT2D eigenvalue weighted by molar-refractivity contribution is 9.10. The molecule has 0 bridgehead atoms. The molecule has 0 aromatic heterocycles. The standard InChI is InChI=1S/C21H16BrCl2NO5S/c1-2-29-19(26)10-25-20(27)18(31-21(25)28)9-12-4-6-17(14(22)7-12)30-11-13-3-5-15(23)16(24)8-13/h3-9H,2,10-11H2,1H3/b18-9+. The number of thioether (sulfide) groups is 1. The first kappa shape index (κ1) is 23.7. The van der Waals surface area contributed by atoms with Gasteiger partial charge in [0.05, 0.1) is 26.0 Å². The Hall–Kier alpha value is -2.00. The van der Waals surface area contributed by atoms with Crippen LogP contribution >= 0.6 is 50.9 Å². The number of rotatable bonds is 7. The highest BCUT2D eigenvalue weighted by Gasteiger charge is 2.36. The third-order valence-electron chi connectivity index (χ3n) is 4.10. The molecule has 0 aliphatic carbocycles. The fraction of sp³-hybridized carbons (Fsp3) is 0.190. The smallest absolute Gasteiger partial charge is 0.326 e. The minimum absolute atomic E-state index is 0.179. The molecule has 0 radical (unpaired) electrons. The van der Waals surface area contributed by atoms with Gasteiger partial charge >= 0.3 is 5.97 Å². The third kappa shape index (κ3) is 6.04. The molecule has 2 aromatic rings. The molecule has 0 saturated carbocycles. The van der Waals surface area contributed by atoms with Crippen molar-refractivity contribution in [3.8, 4) is 5.75 Å². The second-order valence-corrected chi connectivity index (χ2v) is 8.96. The number of benzene rings is 2. The summed E-state index contributed by atoms with van der Waals surface area (Å²) in [6.45, 7) is 1.72. The van der Waals surface area contributed by atoms with Crippen LogP contribution in [0.2, 0.25) is 10.0 Å². The fourth-order valence-corrected chi connectivity index (χ4v) is 4.31. The van der Waals surface area contributed by atoms with Crippen LogP contribution in [0.15, 0.2) is 45.8 Å². The fourth-order valence-electron chi connectivity index (χ4n) is 2.64. The molecule has 162 valence electrons. The van der Waals surface area contributed by atoms with Crippen LogP contribution in [0.5, 0.6) is 5.75 Å². The highest BCUT2D eigenvalue weighted by Crippen LogP contribution is 2.34. The number of imide groups is 1. The third-order valence-corrected chi connectivity index (χ3v) is 6.36. The molecule has 3 rings (SSSR count). The Morgan fingerprint density at radius 1 is 1.16 bits per heavy atom. The SMILES string of the molecule is CCOC(=O)CN1C(=O)S/C(=C/c2ccc(OCc3ccc(Cl)c(Cl)c3)c(Br)c2)C1=O. The summed E-state index contributed by atoms with van der Waals surface area (Å²) in [5.74, 6) is -0.560. The summed E-state index contributed by atoms with van der Waals surface area (Å²) in [6.07, 6.45) is 1.59. The van der Waals surface area contributed by atoms with Crippen LogP contribution in [0, 0.1) is 0 Å². The molecular formula is C21H16BrCl2NO5S. The van der Waals surface area contributed by atoms with Crippen LogP contribution in [0.3, 0.4) is 0 Å². The molecule has 0 N–H and O–H groups in total. The van der Waals surface area contributed by atoms with Crippen LogP contribution in [-0.2, 0) is 20.9 Å². The van der Waals surface area contributed by atoms with Gasteiger partial charge in [-0.05, 0) is 76.1 Å². The van der Waals surface area contributed by atoms with Gasteiger partial charge in [-0.1, -0.05) is 35.3 Å². The van der Waals surface area contributed by atoms with Crippen LogP contribution in [0.4, 0.5) is 4.79 Å². The van der Waals surface area contributed by atoms with E-state index in [1.807, 2.05) is 6.07 Å². The molecule has 0 unspecified atom stereocenters. The minimum atomic E-state index is -0.628. The van der Waals surface area contributed by atoms with Crippen molar-refractivity contribution < 1.29 is 23.9 Å². The van der Waals surface area contributed by atoms with Gasteiger partial charge in [0, 0.05) is 0 Å². The molecule has 0 atom stereocenters. The summed E-state index contributed by atoms with van der Waals surface area (Å²) >= 11 is 16.2. The lowest BCUT2D eigenvalue weighted by Gasteiger charge is -2.11. The van der Waals surface area contributed by atoms with E-state index in [0.29, 0.717) is 32.4 Å². The van der Waals surface area contributed by atoms with Gasteiger partial charge in [-0.3, -0.25) is 19.3 Å². The molecule has 1 aliphatic rings. The van der Waals surface area contributed by atoms with Crippen molar-refractivity contribution in [2.24, 2.45) is 0 Å². The summed E-state index contributed by atoms with van der Waals surface area (Å²) in [6, 6.07) is 10.5. The molecule has 2 aromatic carbocycles. The maximum Gasteiger partial charge on any atom is 0.326 e. The topological polar surface area (TPSA) is 72.9 Å². The lowest BCUT2D eigenvalue weighted by Crippen LogP contribution is -2.34. The van der Waals surface area contributed by atoms with Gasteiger partial charge in [-0.25, -0.2) is 0 Å². The zero-order chi connectivity index (χ0) is 22.5. The molecule has 1 aliphatic heterocycles. The van der Waals surface area contributed by atoms with Gasteiger partial charge in [0.15, 0.2) is 0 Å². The van der Waals surface area contributed by atoms with E-state index in [2.05, 4.69) is 15.9 Å². The van der Waals surface area contributed by atoms with Crippen molar-refractivity contribution in [2.45, 2.75) is 13.5 Å². The van der Waals surface area contributed by atoms with E-state index in [0.717, 1.165) is 22.2 Å². The summed E-state index contributed by atoms with van der Waals surface area (Å²) in [7, 11) is 0.